The SMILES string of the molecule is CCc1cc(CNC(C)(C)C)cc(OC2CCOCC2)n1. The van der Waals surface area contributed by atoms with Crippen LogP contribution in [0, 0.1) is 0 Å². The van der Waals surface area contributed by atoms with Gasteiger partial charge in [0.1, 0.15) is 6.10 Å². The monoisotopic (exact) mass is 292 g/mol. The van der Waals surface area contributed by atoms with Gasteiger partial charge in [-0.1, -0.05) is 6.92 Å². The average molecular weight is 292 g/mol. The van der Waals surface area contributed by atoms with E-state index in [0.29, 0.717) is 0 Å². The Bertz CT molecular complexity index is 449. The minimum absolute atomic E-state index is 0.109. The molecule has 0 aliphatic carbocycles. The highest BCUT2D eigenvalue weighted by atomic mass is 16.5. The molecule has 4 nitrogen and oxygen atoms in total. The predicted octanol–water partition coefficient (Wildman–Crippen LogP) is 3.09. The third-order valence-corrected chi connectivity index (χ3v) is 3.56. The highest BCUT2D eigenvalue weighted by molar-refractivity contribution is 5.25. The number of hydrogen-bond acceptors (Lipinski definition) is 4. The maximum absolute atomic E-state index is 6.05. The molecule has 1 aliphatic rings. The van der Waals surface area contributed by atoms with Gasteiger partial charge in [-0.15, -0.1) is 0 Å². The summed E-state index contributed by atoms with van der Waals surface area (Å²) < 4.78 is 11.4. The lowest BCUT2D eigenvalue weighted by molar-refractivity contribution is 0.0236. The predicted molar refractivity (Wildman–Crippen MR) is 84.7 cm³/mol. The van der Waals surface area contributed by atoms with Crippen molar-refractivity contribution in [2.45, 2.75) is 65.1 Å². The molecule has 1 N–H and O–H groups in total. The van der Waals surface area contributed by atoms with Crippen molar-refractivity contribution in [3.63, 3.8) is 0 Å². The lowest BCUT2D eigenvalue weighted by Gasteiger charge is -2.24. The largest absolute Gasteiger partial charge is 0.474 e. The Morgan fingerprint density at radius 2 is 2.00 bits per heavy atom. The van der Waals surface area contributed by atoms with Crippen LogP contribution in [0.2, 0.25) is 0 Å². The first-order valence-corrected chi connectivity index (χ1v) is 7.95. The highest BCUT2D eigenvalue weighted by Gasteiger charge is 2.17. The Morgan fingerprint density at radius 1 is 1.29 bits per heavy atom. The third kappa shape index (κ3) is 5.64. The summed E-state index contributed by atoms with van der Waals surface area (Å²) in [5.74, 6) is 0.756. The molecule has 4 heteroatoms. The Kier molecular flexibility index (Phi) is 5.59. The second-order valence-electron chi connectivity index (χ2n) is 6.69. The maximum atomic E-state index is 6.05. The molecule has 1 fully saturated rings. The van der Waals surface area contributed by atoms with E-state index < -0.39 is 0 Å². The van der Waals surface area contributed by atoms with Crippen molar-refractivity contribution < 1.29 is 9.47 Å². The maximum Gasteiger partial charge on any atom is 0.214 e. The van der Waals surface area contributed by atoms with Gasteiger partial charge in [0.15, 0.2) is 0 Å². The zero-order valence-electron chi connectivity index (χ0n) is 13.7. The van der Waals surface area contributed by atoms with Crippen molar-refractivity contribution in [1.29, 1.82) is 0 Å². The summed E-state index contributed by atoms with van der Waals surface area (Å²) in [5.41, 5.74) is 2.43. The first kappa shape index (κ1) is 16.2. The van der Waals surface area contributed by atoms with E-state index in [0.717, 1.165) is 50.6 Å². The summed E-state index contributed by atoms with van der Waals surface area (Å²) in [6.07, 6.45) is 3.07. The fourth-order valence-electron chi connectivity index (χ4n) is 2.30. The van der Waals surface area contributed by atoms with Gasteiger partial charge >= 0.3 is 0 Å². The van der Waals surface area contributed by atoms with Crippen LogP contribution in [0.1, 0.15) is 51.8 Å². The van der Waals surface area contributed by atoms with E-state index in [1.54, 1.807) is 0 Å². The third-order valence-electron chi connectivity index (χ3n) is 3.56. The van der Waals surface area contributed by atoms with Gasteiger partial charge in [0.2, 0.25) is 5.88 Å². The summed E-state index contributed by atoms with van der Waals surface area (Å²) in [4.78, 5) is 4.60. The summed E-state index contributed by atoms with van der Waals surface area (Å²) in [5, 5.41) is 3.52. The minimum atomic E-state index is 0.109. The summed E-state index contributed by atoms with van der Waals surface area (Å²) >= 11 is 0. The molecule has 0 atom stereocenters. The van der Waals surface area contributed by atoms with Crippen molar-refractivity contribution in [1.82, 2.24) is 10.3 Å². The van der Waals surface area contributed by atoms with Crippen molar-refractivity contribution in [3.05, 3.63) is 23.4 Å². The van der Waals surface area contributed by atoms with Crippen LogP contribution in [0.15, 0.2) is 12.1 Å². The molecule has 0 amide bonds. The van der Waals surface area contributed by atoms with Crippen LogP contribution in [-0.2, 0) is 17.7 Å². The van der Waals surface area contributed by atoms with Gasteiger partial charge in [0, 0.05) is 36.7 Å². The molecular weight excluding hydrogens is 264 g/mol. The van der Waals surface area contributed by atoms with Crippen LogP contribution in [-0.4, -0.2) is 29.8 Å². The quantitative estimate of drug-likeness (QED) is 0.905. The Balaban J connectivity index is 2.05. The van der Waals surface area contributed by atoms with Crippen LogP contribution >= 0.6 is 0 Å². The number of nitrogens with one attached hydrogen (secondary N) is 1. The van der Waals surface area contributed by atoms with E-state index in [1.807, 2.05) is 0 Å². The number of hydrogen-bond donors (Lipinski definition) is 1. The number of nitrogens with zero attached hydrogens (tertiary/aromatic N) is 1. The molecule has 118 valence electrons. The molecule has 1 aromatic heterocycles. The van der Waals surface area contributed by atoms with Gasteiger partial charge in [-0.05, 0) is 38.8 Å². The van der Waals surface area contributed by atoms with E-state index in [4.69, 9.17) is 9.47 Å². The van der Waals surface area contributed by atoms with Gasteiger partial charge < -0.3 is 14.8 Å². The first-order chi connectivity index (χ1) is 9.96. The second kappa shape index (κ2) is 7.23. The Hall–Kier alpha value is -1.13. The average Bonchev–Trinajstić information content (AvgIpc) is 2.45. The fourth-order valence-corrected chi connectivity index (χ4v) is 2.30. The van der Waals surface area contributed by atoms with Crippen LogP contribution in [0.3, 0.4) is 0 Å². The van der Waals surface area contributed by atoms with Crippen molar-refractivity contribution in [2.24, 2.45) is 0 Å². The van der Waals surface area contributed by atoms with Crippen LogP contribution < -0.4 is 10.1 Å². The summed E-state index contributed by atoms with van der Waals surface area (Å²) in [6, 6.07) is 4.23. The molecule has 1 saturated heterocycles. The molecule has 21 heavy (non-hydrogen) atoms. The number of aromatic nitrogens is 1. The molecule has 2 rings (SSSR count). The zero-order chi connectivity index (χ0) is 15.3. The first-order valence-electron chi connectivity index (χ1n) is 7.95. The van der Waals surface area contributed by atoms with Crippen LogP contribution in [0.25, 0.3) is 0 Å². The number of aryl methyl sites for hydroxylation is 1. The molecule has 0 radical (unpaired) electrons. The standard InChI is InChI=1S/C17H28N2O2/c1-5-14-10-13(12-18-17(2,3)4)11-16(19-14)21-15-6-8-20-9-7-15/h10-11,15,18H,5-9,12H2,1-4H3. The van der Waals surface area contributed by atoms with Crippen molar-refractivity contribution in [2.75, 3.05) is 13.2 Å². The van der Waals surface area contributed by atoms with Gasteiger partial charge in [0.05, 0.1) is 13.2 Å². The van der Waals surface area contributed by atoms with Crippen LogP contribution in [0.5, 0.6) is 5.88 Å². The van der Waals surface area contributed by atoms with E-state index in [1.165, 1.54) is 5.56 Å². The van der Waals surface area contributed by atoms with E-state index >= 15 is 0 Å². The molecule has 0 unspecified atom stereocenters. The second-order valence-corrected chi connectivity index (χ2v) is 6.69. The van der Waals surface area contributed by atoms with E-state index in [2.05, 4.69) is 50.1 Å². The molecule has 2 heterocycles. The number of pyridine rings is 1. The highest BCUT2D eigenvalue weighted by Crippen LogP contribution is 2.19. The van der Waals surface area contributed by atoms with Gasteiger partial charge in [0.25, 0.3) is 0 Å². The molecule has 1 aromatic rings. The lowest BCUT2D eigenvalue weighted by atomic mass is 10.1. The summed E-state index contributed by atoms with van der Waals surface area (Å²) in [7, 11) is 0. The van der Waals surface area contributed by atoms with Crippen molar-refractivity contribution >= 4 is 0 Å². The molecular formula is C17H28N2O2. The molecule has 0 bridgehead atoms. The lowest BCUT2D eigenvalue weighted by Crippen LogP contribution is -2.35. The van der Waals surface area contributed by atoms with Crippen molar-refractivity contribution in [3.8, 4) is 5.88 Å². The zero-order valence-corrected chi connectivity index (χ0v) is 13.7. The van der Waals surface area contributed by atoms with E-state index in [9.17, 15) is 0 Å². The summed E-state index contributed by atoms with van der Waals surface area (Å²) in [6.45, 7) is 11.1. The molecule has 0 saturated carbocycles. The Labute approximate surface area is 128 Å². The van der Waals surface area contributed by atoms with Crippen LogP contribution in [0.4, 0.5) is 0 Å². The smallest absolute Gasteiger partial charge is 0.214 e. The molecule has 1 aliphatic heterocycles. The number of ether oxygens (including phenoxy) is 2. The minimum Gasteiger partial charge on any atom is -0.474 e. The number of rotatable bonds is 5. The normalized spacial score (nSPS) is 17.0. The van der Waals surface area contributed by atoms with Gasteiger partial charge in [-0.25, -0.2) is 4.98 Å². The van der Waals surface area contributed by atoms with Gasteiger partial charge in [-0.3, -0.25) is 0 Å². The van der Waals surface area contributed by atoms with Gasteiger partial charge in [-0.2, -0.15) is 0 Å². The topological polar surface area (TPSA) is 43.4 Å². The Morgan fingerprint density at radius 3 is 2.62 bits per heavy atom. The molecule has 0 aromatic carbocycles. The fraction of sp³-hybridized carbons (Fsp3) is 0.706. The molecule has 0 spiro atoms. The van der Waals surface area contributed by atoms with E-state index in [-0.39, 0.29) is 11.6 Å².